The number of aliphatic hydroxyl groups excluding tert-OH is 1. The maximum atomic E-state index is 12.1. The Bertz CT molecular complexity index is 479. The molecule has 0 radical (unpaired) electrons. The molecule has 1 aromatic carbocycles. The molecule has 122 valence electrons. The molecule has 1 aromatic rings. The fourth-order valence-electron chi connectivity index (χ4n) is 2.95. The Morgan fingerprint density at radius 2 is 2.00 bits per heavy atom. The van der Waals surface area contributed by atoms with Gasteiger partial charge in [-0.05, 0) is 29.7 Å². The number of hydrogen-bond donors (Lipinski definition) is 3. The van der Waals surface area contributed by atoms with Crippen molar-refractivity contribution < 1.29 is 9.90 Å². The monoisotopic (exact) mass is 322 g/mol. The van der Waals surface area contributed by atoms with E-state index in [-0.39, 0.29) is 18.7 Å². The maximum Gasteiger partial charge on any atom is 0.315 e. The molecule has 1 aliphatic rings. The normalized spacial score (nSPS) is 21.4. The third kappa shape index (κ3) is 4.92. The lowest BCUT2D eigenvalue weighted by molar-refractivity contribution is 0.232. The smallest absolute Gasteiger partial charge is 0.315 e. The number of urea groups is 1. The van der Waals surface area contributed by atoms with E-state index < -0.39 is 0 Å². The lowest BCUT2D eigenvalue weighted by Crippen LogP contribution is -2.47. The van der Waals surface area contributed by atoms with E-state index >= 15 is 0 Å². The molecule has 1 aliphatic carbocycles. The van der Waals surface area contributed by atoms with Gasteiger partial charge in [-0.15, -0.1) is 0 Å². The van der Waals surface area contributed by atoms with Crippen LogP contribution in [0.5, 0.6) is 0 Å². The van der Waals surface area contributed by atoms with Crippen LogP contribution < -0.4 is 10.6 Å². The van der Waals surface area contributed by atoms with Gasteiger partial charge in [-0.1, -0.05) is 44.0 Å². The predicted molar refractivity (Wildman–Crippen MR) is 91.9 cm³/mol. The highest BCUT2D eigenvalue weighted by Gasteiger charge is 2.26. The molecule has 3 N–H and O–H groups in total. The molecule has 2 amide bonds. The Balaban J connectivity index is 1.84. The number of hydrogen-bond acceptors (Lipinski definition) is 3. The van der Waals surface area contributed by atoms with E-state index in [1.165, 1.54) is 19.3 Å². The fraction of sp³-hybridized carbons (Fsp3) is 0.588. The molecular weight excluding hydrogens is 296 g/mol. The summed E-state index contributed by atoms with van der Waals surface area (Å²) in [4.78, 5) is 12.1. The van der Waals surface area contributed by atoms with E-state index in [9.17, 15) is 9.90 Å². The Kier molecular flexibility index (Phi) is 7.06. The van der Waals surface area contributed by atoms with E-state index in [2.05, 4.69) is 17.6 Å². The molecule has 4 nitrogen and oxygen atoms in total. The van der Waals surface area contributed by atoms with Crippen LogP contribution in [-0.4, -0.2) is 28.2 Å². The molecule has 0 heterocycles. The molecule has 1 fully saturated rings. The zero-order valence-electron chi connectivity index (χ0n) is 13.2. The summed E-state index contributed by atoms with van der Waals surface area (Å²) in [6.45, 7) is 2.61. The van der Waals surface area contributed by atoms with Gasteiger partial charge >= 0.3 is 6.03 Å². The highest BCUT2D eigenvalue weighted by molar-refractivity contribution is 7.99. The molecule has 1 saturated carbocycles. The molecule has 5 heteroatoms. The van der Waals surface area contributed by atoms with Gasteiger partial charge in [0.05, 0.1) is 6.61 Å². The topological polar surface area (TPSA) is 61.4 Å². The van der Waals surface area contributed by atoms with Crippen molar-refractivity contribution in [2.45, 2.75) is 57.1 Å². The lowest BCUT2D eigenvalue weighted by atomic mass is 9.95. The van der Waals surface area contributed by atoms with Crippen LogP contribution in [0.15, 0.2) is 24.3 Å². The van der Waals surface area contributed by atoms with Crippen molar-refractivity contribution in [3.05, 3.63) is 35.4 Å². The molecular formula is C17H26N2O2S. The van der Waals surface area contributed by atoms with Crippen molar-refractivity contribution in [1.82, 2.24) is 10.6 Å². The van der Waals surface area contributed by atoms with Gasteiger partial charge in [0.25, 0.3) is 0 Å². The van der Waals surface area contributed by atoms with Crippen LogP contribution in [0.1, 0.15) is 43.7 Å². The standard InChI is InChI=1S/C17H26N2O2S/c1-2-22-16-10-6-5-9-15(16)19-17(21)18-11-13-7-3-4-8-14(13)12-20/h3-4,7-8,15-16,20H,2,5-6,9-12H2,1H3,(H2,18,19,21). The molecule has 22 heavy (non-hydrogen) atoms. The number of thioether (sulfide) groups is 1. The second-order valence-electron chi connectivity index (χ2n) is 5.64. The molecule has 0 aliphatic heterocycles. The van der Waals surface area contributed by atoms with Gasteiger partial charge in [0, 0.05) is 17.8 Å². The highest BCUT2D eigenvalue weighted by Crippen LogP contribution is 2.28. The minimum absolute atomic E-state index is 0.00267. The number of nitrogens with one attached hydrogen (secondary N) is 2. The van der Waals surface area contributed by atoms with Crippen molar-refractivity contribution in [3.8, 4) is 0 Å². The first-order valence-electron chi connectivity index (χ1n) is 8.08. The van der Waals surface area contributed by atoms with Crippen LogP contribution in [-0.2, 0) is 13.2 Å². The van der Waals surface area contributed by atoms with Gasteiger partial charge in [-0.25, -0.2) is 4.79 Å². The number of carbonyl (C=O) groups excluding carboxylic acids is 1. The van der Waals surface area contributed by atoms with E-state index in [0.717, 1.165) is 23.3 Å². The van der Waals surface area contributed by atoms with E-state index in [1.54, 1.807) is 0 Å². The average Bonchev–Trinajstić information content (AvgIpc) is 2.55. The van der Waals surface area contributed by atoms with Gasteiger partial charge in [-0.3, -0.25) is 0 Å². The van der Waals surface area contributed by atoms with Crippen LogP contribution >= 0.6 is 11.8 Å². The molecule has 0 saturated heterocycles. The minimum Gasteiger partial charge on any atom is -0.392 e. The molecule has 0 spiro atoms. The zero-order chi connectivity index (χ0) is 15.8. The molecule has 0 bridgehead atoms. The van der Waals surface area contributed by atoms with Gasteiger partial charge in [0.15, 0.2) is 0 Å². The summed E-state index contributed by atoms with van der Waals surface area (Å²) in [5, 5.41) is 15.9. The highest BCUT2D eigenvalue weighted by atomic mass is 32.2. The Hall–Kier alpha value is -1.20. The van der Waals surface area contributed by atoms with Crippen LogP contribution in [0, 0.1) is 0 Å². The SMILES string of the molecule is CCSC1CCCCC1NC(=O)NCc1ccccc1CO. The first-order chi connectivity index (χ1) is 10.7. The zero-order valence-corrected chi connectivity index (χ0v) is 14.0. The van der Waals surface area contributed by atoms with Crippen molar-refractivity contribution in [2.75, 3.05) is 5.75 Å². The molecule has 2 atom stereocenters. The van der Waals surface area contributed by atoms with Crippen molar-refractivity contribution in [2.24, 2.45) is 0 Å². The maximum absolute atomic E-state index is 12.1. The number of aliphatic hydroxyl groups is 1. The fourth-order valence-corrected chi connectivity index (χ4v) is 4.15. The number of benzene rings is 1. The van der Waals surface area contributed by atoms with Crippen molar-refractivity contribution in [1.29, 1.82) is 0 Å². The third-order valence-electron chi connectivity index (χ3n) is 4.13. The summed E-state index contributed by atoms with van der Waals surface area (Å²) in [7, 11) is 0. The molecule has 2 unspecified atom stereocenters. The number of rotatable bonds is 6. The van der Waals surface area contributed by atoms with Gasteiger partial charge in [-0.2, -0.15) is 11.8 Å². The first kappa shape index (κ1) is 17.2. The van der Waals surface area contributed by atoms with E-state index in [1.807, 2.05) is 36.0 Å². The lowest BCUT2D eigenvalue weighted by Gasteiger charge is -2.31. The molecule has 2 rings (SSSR count). The third-order valence-corrected chi connectivity index (χ3v) is 5.45. The van der Waals surface area contributed by atoms with Crippen LogP contribution in [0.25, 0.3) is 0 Å². The van der Waals surface area contributed by atoms with Gasteiger partial charge < -0.3 is 15.7 Å². The summed E-state index contributed by atoms with van der Waals surface area (Å²) >= 11 is 1.95. The summed E-state index contributed by atoms with van der Waals surface area (Å²) in [6.07, 6.45) is 4.72. The summed E-state index contributed by atoms with van der Waals surface area (Å²) < 4.78 is 0. The number of carbonyl (C=O) groups is 1. The van der Waals surface area contributed by atoms with Crippen LogP contribution in [0.4, 0.5) is 4.79 Å². The second kappa shape index (κ2) is 9.06. The number of amides is 2. The predicted octanol–water partition coefficient (Wildman–Crippen LogP) is 3.04. The molecule has 0 aromatic heterocycles. The van der Waals surface area contributed by atoms with Gasteiger partial charge in [0.2, 0.25) is 0 Å². The minimum atomic E-state index is -0.110. The van der Waals surface area contributed by atoms with Crippen molar-refractivity contribution in [3.63, 3.8) is 0 Å². The van der Waals surface area contributed by atoms with Crippen molar-refractivity contribution >= 4 is 17.8 Å². The average molecular weight is 322 g/mol. The largest absolute Gasteiger partial charge is 0.392 e. The summed E-state index contributed by atoms with van der Waals surface area (Å²) in [6, 6.07) is 7.78. The van der Waals surface area contributed by atoms with Gasteiger partial charge in [0.1, 0.15) is 0 Å². The quantitative estimate of drug-likeness (QED) is 0.754. The summed E-state index contributed by atoms with van der Waals surface area (Å²) in [5.74, 6) is 1.09. The Morgan fingerprint density at radius 3 is 2.73 bits per heavy atom. The van der Waals surface area contributed by atoms with Crippen LogP contribution in [0.3, 0.4) is 0 Å². The van der Waals surface area contributed by atoms with E-state index in [0.29, 0.717) is 11.8 Å². The summed E-state index contributed by atoms with van der Waals surface area (Å²) in [5.41, 5.74) is 1.82. The first-order valence-corrected chi connectivity index (χ1v) is 9.13. The Labute approximate surface area is 137 Å². The van der Waals surface area contributed by atoms with E-state index in [4.69, 9.17) is 0 Å². The Morgan fingerprint density at radius 1 is 1.27 bits per heavy atom. The second-order valence-corrected chi connectivity index (χ2v) is 7.15. The van der Waals surface area contributed by atoms with Crippen LogP contribution in [0.2, 0.25) is 0 Å².